The second kappa shape index (κ2) is 3.65. The number of aryl methyl sites for hydroxylation is 1. The number of benzene rings is 1. The average molecular weight is 266 g/mol. The number of hydrogen-bond donors (Lipinski definition) is 1. The van der Waals surface area contributed by atoms with Gasteiger partial charge in [0.2, 0.25) is 5.78 Å². The van der Waals surface area contributed by atoms with Crippen molar-refractivity contribution in [3.05, 3.63) is 51.7 Å². The molecule has 0 saturated heterocycles. The Morgan fingerprint density at radius 2 is 2.00 bits per heavy atom. The molecule has 0 unspecified atom stereocenters. The van der Waals surface area contributed by atoms with E-state index in [2.05, 4.69) is 10.2 Å². The minimum absolute atomic E-state index is 0.0898. The first-order valence-corrected chi connectivity index (χ1v) is 6.92. The molecule has 0 amide bonds. The first kappa shape index (κ1) is 10.7. The molecular weight excluding hydrogens is 256 g/mol. The summed E-state index contributed by atoms with van der Waals surface area (Å²) in [5.74, 6) is 0.0898. The smallest absolute Gasteiger partial charge is 0.208 e. The first-order chi connectivity index (χ1) is 9.27. The molecule has 1 N–H and O–H groups in total. The zero-order valence-electron chi connectivity index (χ0n) is 10.2. The topological polar surface area (TPSA) is 45.8 Å². The van der Waals surface area contributed by atoms with Crippen molar-refractivity contribution in [3.63, 3.8) is 0 Å². The van der Waals surface area contributed by atoms with Crippen molar-refractivity contribution in [2.24, 2.45) is 0 Å². The fourth-order valence-electron chi connectivity index (χ4n) is 2.59. The molecule has 1 aromatic carbocycles. The van der Waals surface area contributed by atoms with Crippen molar-refractivity contribution in [2.45, 2.75) is 6.92 Å². The van der Waals surface area contributed by atoms with Gasteiger partial charge in [0.15, 0.2) is 0 Å². The Bertz CT molecular complexity index is 813. The summed E-state index contributed by atoms with van der Waals surface area (Å²) in [7, 11) is 0. The fourth-order valence-corrected chi connectivity index (χ4v) is 3.43. The van der Waals surface area contributed by atoms with Crippen LogP contribution in [0, 0.1) is 6.92 Å². The molecule has 3 aromatic rings. The highest BCUT2D eigenvalue weighted by molar-refractivity contribution is 7.13. The van der Waals surface area contributed by atoms with Crippen LogP contribution >= 0.6 is 11.3 Å². The van der Waals surface area contributed by atoms with E-state index >= 15 is 0 Å². The van der Waals surface area contributed by atoms with Gasteiger partial charge in [0.1, 0.15) is 5.69 Å². The van der Waals surface area contributed by atoms with Gasteiger partial charge >= 0.3 is 0 Å². The van der Waals surface area contributed by atoms with Crippen molar-refractivity contribution < 1.29 is 4.79 Å². The van der Waals surface area contributed by atoms with Crippen LogP contribution in [0.3, 0.4) is 0 Å². The molecule has 1 aliphatic carbocycles. The van der Waals surface area contributed by atoms with Crippen molar-refractivity contribution in [1.29, 1.82) is 0 Å². The molecule has 4 heteroatoms. The molecule has 0 saturated carbocycles. The van der Waals surface area contributed by atoms with Crippen molar-refractivity contribution >= 4 is 17.1 Å². The molecule has 0 atom stereocenters. The Morgan fingerprint density at radius 3 is 2.84 bits per heavy atom. The van der Waals surface area contributed by atoms with E-state index in [1.807, 2.05) is 42.6 Å². The van der Waals surface area contributed by atoms with Gasteiger partial charge in [-0.25, -0.2) is 0 Å². The number of hydrogen-bond acceptors (Lipinski definition) is 3. The number of ketones is 1. The zero-order chi connectivity index (χ0) is 13.0. The Kier molecular flexibility index (Phi) is 2.05. The van der Waals surface area contributed by atoms with E-state index in [0.717, 1.165) is 38.5 Å². The van der Waals surface area contributed by atoms with Crippen LogP contribution in [0.5, 0.6) is 0 Å². The number of aromatic amines is 1. The third-order valence-corrected chi connectivity index (χ3v) is 4.45. The molecule has 19 heavy (non-hydrogen) atoms. The monoisotopic (exact) mass is 266 g/mol. The van der Waals surface area contributed by atoms with E-state index in [9.17, 15) is 4.79 Å². The minimum atomic E-state index is 0.0898. The number of aromatic nitrogens is 2. The fraction of sp³-hybridized carbons (Fsp3) is 0.0667. The molecule has 2 aromatic heterocycles. The SMILES string of the molecule is Cc1ccccc1-c1n[nH]c2c1C(=O)c1sccc1-2. The zero-order valence-corrected chi connectivity index (χ0v) is 11.0. The van der Waals surface area contributed by atoms with Crippen LogP contribution < -0.4 is 0 Å². The number of rotatable bonds is 1. The highest BCUT2D eigenvalue weighted by Gasteiger charge is 2.33. The number of carbonyl (C=O) groups excluding carboxylic acids is 1. The third-order valence-electron chi connectivity index (χ3n) is 3.53. The summed E-state index contributed by atoms with van der Waals surface area (Å²) in [6.45, 7) is 2.03. The molecular formula is C15H10N2OS. The molecule has 2 heterocycles. The van der Waals surface area contributed by atoms with Gasteiger partial charge in [0.05, 0.1) is 16.1 Å². The normalized spacial score (nSPS) is 12.6. The van der Waals surface area contributed by atoms with E-state index < -0.39 is 0 Å². The summed E-state index contributed by atoms with van der Waals surface area (Å²) >= 11 is 1.49. The number of carbonyl (C=O) groups is 1. The van der Waals surface area contributed by atoms with Crippen LogP contribution in [0.1, 0.15) is 20.8 Å². The Morgan fingerprint density at radius 1 is 1.16 bits per heavy atom. The molecule has 92 valence electrons. The standard InChI is InChI=1S/C15H10N2OS/c1-8-4-2-3-5-9(8)12-11-13(17-16-12)10-6-7-19-15(10)14(11)18/h2-7H,1H3,(H,16,17). The van der Waals surface area contributed by atoms with Crippen LogP contribution in [0.4, 0.5) is 0 Å². The lowest BCUT2D eigenvalue weighted by atomic mass is 10.0. The summed E-state index contributed by atoms with van der Waals surface area (Å²) in [5, 5.41) is 9.32. The molecule has 0 fully saturated rings. The Balaban J connectivity index is 2.00. The molecule has 4 rings (SSSR count). The first-order valence-electron chi connectivity index (χ1n) is 6.04. The van der Waals surface area contributed by atoms with Crippen molar-refractivity contribution in [3.8, 4) is 22.5 Å². The maximum atomic E-state index is 12.5. The summed E-state index contributed by atoms with van der Waals surface area (Å²) in [4.78, 5) is 13.3. The van der Waals surface area contributed by atoms with Crippen LogP contribution in [0.15, 0.2) is 35.7 Å². The number of H-pyrrole nitrogens is 1. The third kappa shape index (κ3) is 1.32. The molecule has 3 nitrogen and oxygen atoms in total. The maximum Gasteiger partial charge on any atom is 0.208 e. The summed E-state index contributed by atoms with van der Waals surface area (Å²) < 4.78 is 0. The van der Waals surface area contributed by atoms with E-state index in [4.69, 9.17) is 0 Å². The Labute approximate surface area is 113 Å². The number of nitrogens with zero attached hydrogens (tertiary/aromatic N) is 1. The van der Waals surface area contributed by atoms with Gasteiger partial charge < -0.3 is 0 Å². The number of fused-ring (bicyclic) bond motifs is 3. The van der Waals surface area contributed by atoms with Crippen molar-refractivity contribution in [2.75, 3.05) is 0 Å². The van der Waals surface area contributed by atoms with Gasteiger partial charge in [0.25, 0.3) is 0 Å². The molecule has 0 radical (unpaired) electrons. The lowest BCUT2D eigenvalue weighted by molar-refractivity contribution is 0.104. The van der Waals surface area contributed by atoms with E-state index in [0.29, 0.717) is 0 Å². The van der Waals surface area contributed by atoms with Gasteiger partial charge in [-0.15, -0.1) is 11.3 Å². The Hall–Kier alpha value is -2.20. The summed E-state index contributed by atoms with van der Waals surface area (Å²) in [6.07, 6.45) is 0. The second-order valence-corrected chi connectivity index (χ2v) is 5.55. The van der Waals surface area contributed by atoms with Crippen LogP contribution in [-0.2, 0) is 0 Å². The molecule has 0 spiro atoms. The minimum Gasteiger partial charge on any atom is -0.287 e. The highest BCUT2D eigenvalue weighted by Crippen LogP contribution is 2.42. The average Bonchev–Trinajstić information content (AvgIpc) is 3.08. The van der Waals surface area contributed by atoms with E-state index in [-0.39, 0.29) is 5.78 Å². The second-order valence-electron chi connectivity index (χ2n) is 4.63. The van der Waals surface area contributed by atoms with Gasteiger partial charge in [-0.3, -0.25) is 9.89 Å². The number of nitrogens with one attached hydrogen (secondary N) is 1. The molecule has 0 bridgehead atoms. The number of thiophene rings is 1. The largest absolute Gasteiger partial charge is 0.287 e. The van der Waals surface area contributed by atoms with Crippen LogP contribution in [-0.4, -0.2) is 16.0 Å². The predicted octanol–water partition coefficient (Wildman–Crippen LogP) is 3.66. The predicted molar refractivity (Wildman–Crippen MR) is 75.5 cm³/mol. The quantitative estimate of drug-likeness (QED) is 0.571. The van der Waals surface area contributed by atoms with Gasteiger partial charge in [-0.05, 0) is 23.9 Å². The van der Waals surface area contributed by atoms with E-state index in [1.165, 1.54) is 11.3 Å². The lowest BCUT2D eigenvalue weighted by Crippen LogP contribution is -1.96. The maximum absolute atomic E-state index is 12.5. The van der Waals surface area contributed by atoms with Crippen LogP contribution in [0.2, 0.25) is 0 Å². The van der Waals surface area contributed by atoms with E-state index in [1.54, 1.807) is 0 Å². The summed E-state index contributed by atoms with van der Waals surface area (Å²) in [6, 6.07) is 9.98. The molecule has 0 aliphatic heterocycles. The van der Waals surface area contributed by atoms with Gasteiger partial charge in [-0.1, -0.05) is 24.3 Å². The summed E-state index contributed by atoms with van der Waals surface area (Å²) in [5.41, 5.74) is 5.47. The molecule has 1 aliphatic rings. The van der Waals surface area contributed by atoms with Crippen LogP contribution in [0.25, 0.3) is 22.5 Å². The highest BCUT2D eigenvalue weighted by atomic mass is 32.1. The lowest BCUT2D eigenvalue weighted by Gasteiger charge is -2.03. The van der Waals surface area contributed by atoms with Gasteiger partial charge in [0, 0.05) is 11.1 Å². The van der Waals surface area contributed by atoms with Crippen molar-refractivity contribution in [1.82, 2.24) is 10.2 Å². The van der Waals surface area contributed by atoms with Gasteiger partial charge in [-0.2, -0.15) is 5.10 Å².